The number of hydrogen-bond acceptors (Lipinski definition) is 4. The van der Waals surface area contributed by atoms with Crippen LogP contribution in [0.4, 0.5) is 5.69 Å². The van der Waals surface area contributed by atoms with Crippen LogP contribution in [0.25, 0.3) is 0 Å². The molecule has 1 aliphatic rings. The van der Waals surface area contributed by atoms with Gasteiger partial charge in [0.1, 0.15) is 5.76 Å². The standard InChI is InChI=1S/C19H22ClN3O3/c1-11-9-14(5-7-21-11)22-19(25)16-4-3-13(20)10-17(16)23-18(24)15-6-8-26-12(15)2/h3-4,6,8,10-11,14,21H,5,7,9H2,1-2H3,(H,22,25)(H,23,24). The smallest absolute Gasteiger partial charge is 0.259 e. The molecule has 0 spiro atoms. The molecule has 0 saturated carbocycles. The highest BCUT2D eigenvalue weighted by atomic mass is 35.5. The van der Waals surface area contributed by atoms with Gasteiger partial charge in [-0.1, -0.05) is 11.6 Å². The molecule has 2 aromatic rings. The molecule has 1 fully saturated rings. The molecule has 2 amide bonds. The molecule has 26 heavy (non-hydrogen) atoms. The van der Waals surface area contributed by atoms with Crippen LogP contribution in [0.15, 0.2) is 34.9 Å². The zero-order valence-corrected chi connectivity index (χ0v) is 15.5. The molecule has 1 aromatic heterocycles. The highest BCUT2D eigenvalue weighted by Crippen LogP contribution is 2.23. The maximum atomic E-state index is 12.7. The number of hydrogen-bond donors (Lipinski definition) is 3. The largest absolute Gasteiger partial charge is 0.469 e. The number of nitrogens with one attached hydrogen (secondary N) is 3. The van der Waals surface area contributed by atoms with Gasteiger partial charge in [-0.15, -0.1) is 0 Å². The summed E-state index contributed by atoms with van der Waals surface area (Å²) in [4.78, 5) is 25.2. The normalized spacial score (nSPS) is 19.8. The monoisotopic (exact) mass is 375 g/mol. The number of benzene rings is 1. The lowest BCUT2D eigenvalue weighted by Crippen LogP contribution is -2.46. The molecule has 3 rings (SSSR count). The second kappa shape index (κ2) is 7.93. The number of anilines is 1. The molecule has 6 nitrogen and oxygen atoms in total. The summed E-state index contributed by atoms with van der Waals surface area (Å²) in [5.41, 5.74) is 1.18. The number of amides is 2. The van der Waals surface area contributed by atoms with Gasteiger partial charge in [0.25, 0.3) is 11.8 Å². The van der Waals surface area contributed by atoms with Gasteiger partial charge in [0, 0.05) is 17.1 Å². The Morgan fingerprint density at radius 3 is 2.73 bits per heavy atom. The summed E-state index contributed by atoms with van der Waals surface area (Å²) < 4.78 is 5.16. The Bertz CT molecular complexity index is 818. The quantitative estimate of drug-likeness (QED) is 0.765. The van der Waals surface area contributed by atoms with Gasteiger partial charge >= 0.3 is 0 Å². The Kier molecular flexibility index (Phi) is 5.64. The van der Waals surface area contributed by atoms with Gasteiger partial charge in [0.15, 0.2) is 0 Å². The molecule has 2 unspecified atom stereocenters. The Labute approximate surface area is 157 Å². The van der Waals surface area contributed by atoms with Crippen molar-refractivity contribution in [1.82, 2.24) is 10.6 Å². The first-order valence-electron chi connectivity index (χ1n) is 8.63. The van der Waals surface area contributed by atoms with Gasteiger partial charge in [0.05, 0.1) is 23.1 Å². The molecule has 0 bridgehead atoms. The maximum absolute atomic E-state index is 12.7. The van der Waals surface area contributed by atoms with Gasteiger partial charge in [-0.25, -0.2) is 0 Å². The van der Waals surface area contributed by atoms with Gasteiger partial charge in [-0.05, 0) is 57.5 Å². The minimum absolute atomic E-state index is 0.106. The van der Waals surface area contributed by atoms with Crippen LogP contribution in [0.2, 0.25) is 5.02 Å². The van der Waals surface area contributed by atoms with Crippen LogP contribution >= 0.6 is 11.6 Å². The maximum Gasteiger partial charge on any atom is 0.259 e. The first-order valence-corrected chi connectivity index (χ1v) is 9.01. The summed E-state index contributed by atoms with van der Waals surface area (Å²) in [6, 6.07) is 6.90. The van der Waals surface area contributed by atoms with Crippen molar-refractivity contribution in [3.8, 4) is 0 Å². The molecule has 3 N–H and O–H groups in total. The van der Waals surface area contributed by atoms with E-state index in [1.54, 1.807) is 31.2 Å². The first-order chi connectivity index (χ1) is 12.4. The Balaban J connectivity index is 1.78. The average molecular weight is 376 g/mol. The molecule has 0 radical (unpaired) electrons. The molecule has 2 heterocycles. The molecular formula is C19H22ClN3O3. The van der Waals surface area contributed by atoms with Crippen LogP contribution < -0.4 is 16.0 Å². The van der Waals surface area contributed by atoms with E-state index in [2.05, 4.69) is 22.9 Å². The van der Waals surface area contributed by atoms with E-state index in [1.165, 1.54) is 6.26 Å². The number of carbonyl (C=O) groups excluding carboxylic acids is 2. The van der Waals surface area contributed by atoms with Crippen molar-refractivity contribution in [3.05, 3.63) is 52.4 Å². The molecule has 138 valence electrons. The van der Waals surface area contributed by atoms with E-state index in [9.17, 15) is 9.59 Å². The van der Waals surface area contributed by atoms with Crippen LogP contribution in [0.3, 0.4) is 0 Å². The van der Waals surface area contributed by atoms with Crippen LogP contribution in [0, 0.1) is 6.92 Å². The molecule has 0 aliphatic carbocycles. The molecular weight excluding hydrogens is 354 g/mol. The molecule has 1 aromatic carbocycles. The lowest BCUT2D eigenvalue weighted by molar-refractivity contribution is 0.0926. The predicted octanol–water partition coefficient (Wildman–Crippen LogP) is 3.36. The van der Waals surface area contributed by atoms with Gasteiger partial charge in [-0.3, -0.25) is 9.59 Å². The van der Waals surface area contributed by atoms with Gasteiger partial charge in [0.2, 0.25) is 0 Å². The molecule has 1 aliphatic heterocycles. The van der Waals surface area contributed by atoms with Crippen molar-refractivity contribution >= 4 is 29.1 Å². The van der Waals surface area contributed by atoms with Crippen LogP contribution in [-0.4, -0.2) is 30.4 Å². The molecule has 2 atom stereocenters. The molecule has 1 saturated heterocycles. The third-order valence-electron chi connectivity index (χ3n) is 4.54. The number of halogens is 1. The lowest BCUT2D eigenvalue weighted by atomic mass is 10.00. The van der Waals surface area contributed by atoms with E-state index < -0.39 is 0 Å². The fraction of sp³-hybridized carbons (Fsp3) is 0.368. The Morgan fingerprint density at radius 1 is 1.23 bits per heavy atom. The average Bonchev–Trinajstić information content (AvgIpc) is 3.01. The number of piperidine rings is 1. The number of carbonyl (C=O) groups is 2. The van der Waals surface area contributed by atoms with Gasteiger partial charge in [-0.2, -0.15) is 0 Å². The third kappa shape index (κ3) is 4.26. The second-order valence-electron chi connectivity index (χ2n) is 6.58. The topological polar surface area (TPSA) is 83.4 Å². The predicted molar refractivity (Wildman–Crippen MR) is 101 cm³/mol. The molecule has 7 heteroatoms. The zero-order valence-electron chi connectivity index (χ0n) is 14.8. The van der Waals surface area contributed by atoms with Gasteiger partial charge < -0.3 is 20.4 Å². The van der Waals surface area contributed by atoms with E-state index in [4.69, 9.17) is 16.0 Å². The fourth-order valence-electron chi connectivity index (χ4n) is 3.15. The van der Waals surface area contributed by atoms with E-state index in [1.807, 2.05) is 0 Å². The van der Waals surface area contributed by atoms with Crippen molar-refractivity contribution < 1.29 is 14.0 Å². The van der Waals surface area contributed by atoms with E-state index in [-0.39, 0.29) is 17.9 Å². The van der Waals surface area contributed by atoms with Crippen molar-refractivity contribution in [2.75, 3.05) is 11.9 Å². The zero-order chi connectivity index (χ0) is 18.7. The van der Waals surface area contributed by atoms with Crippen molar-refractivity contribution in [2.24, 2.45) is 0 Å². The Hall–Kier alpha value is -2.31. The number of rotatable bonds is 4. The van der Waals surface area contributed by atoms with Crippen LogP contribution in [0.5, 0.6) is 0 Å². The summed E-state index contributed by atoms with van der Waals surface area (Å²) in [7, 11) is 0. The van der Waals surface area contributed by atoms with Crippen LogP contribution in [0.1, 0.15) is 46.2 Å². The Morgan fingerprint density at radius 2 is 2.04 bits per heavy atom. The fourth-order valence-corrected chi connectivity index (χ4v) is 3.33. The van der Waals surface area contributed by atoms with Crippen LogP contribution in [-0.2, 0) is 0 Å². The van der Waals surface area contributed by atoms with Crippen molar-refractivity contribution in [1.29, 1.82) is 0 Å². The van der Waals surface area contributed by atoms with E-state index >= 15 is 0 Å². The van der Waals surface area contributed by atoms with E-state index in [0.29, 0.717) is 33.6 Å². The summed E-state index contributed by atoms with van der Waals surface area (Å²) in [5.74, 6) is -0.0535. The highest BCUT2D eigenvalue weighted by Gasteiger charge is 2.22. The number of furan rings is 1. The SMILES string of the molecule is Cc1occc1C(=O)Nc1cc(Cl)ccc1C(=O)NC1CCNC(C)C1. The summed E-state index contributed by atoms with van der Waals surface area (Å²) >= 11 is 6.06. The minimum atomic E-state index is -0.344. The summed E-state index contributed by atoms with van der Waals surface area (Å²) in [5, 5.41) is 9.62. The van der Waals surface area contributed by atoms with Crippen molar-refractivity contribution in [2.45, 2.75) is 38.8 Å². The minimum Gasteiger partial charge on any atom is -0.469 e. The highest BCUT2D eigenvalue weighted by molar-refractivity contribution is 6.31. The summed E-state index contributed by atoms with van der Waals surface area (Å²) in [6.45, 7) is 4.67. The summed E-state index contributed by atoms with van der Waals surface area (Å²) in [6.07, 6.45) is 3.20. The number of aryl methyl sites for hydroxylation is 1. The first kappa shape index (κ1) is 18.5. The third-order valence-corrected chi connectivity index (χ3v) is 4.77. The van der Waals surface area contributed by atoms with E-state index in [0.717, 1.165) is 19.4 Å². The lowest BCUT2D eigenvalue weighted by Gasteiger charge is -2.28. The second-order valence-corrected chi connectivity index (χ2v) is 7.02. The van der Waals surface area contributed by atoms with Crippen molar-refractivity contribution in [3.63, 3.8) is 0 Å².